The van der Waals surface area contributed by atoms with Crippen molar-refractivity contribution < 1.29 is 14.4 Å². The number of fused-ring (bicyclic) bond motifs is 1. The number of amides is 3. The predicted molar refractivity (Wildman–Crippen MR) is 102 cm³/mol. The first kappa shape index (κ1) is 18.5. The van der Waals surface area contributed by atoms with Gasteiger partial charge in [-0.1, -0.05) is 11.6 Å². The zero-order valence-corrected chi connectivity index (χ0v) is 16.3. The number of hydrogen-bond donors (Lipinski definition) is 1. The van der Waals surface area contributed by atoms with Crippen molar-refractivity contribution in [2.45, 2.75) is 25.8 Å². The number of hydrogen-bond acceptors (Lipinski definition) is 4. The molecule has 8 heteroatoms. The molecule has 134 valence electrons. The molecule has 0 saturated carbocycles. The number of rotatable bonds is 3. The van der Waals surface area contributed by atoms with Crippen LogP contribution in [0.3, 0.4) is 0 Å². The number of anilines is 1. The molecule has 1 aliphatic heterocycles. The minimum Gasteiger partial charge on any atom is -0.335 e. The fraction of sp³-hybridized carbons (Fsp3) is 0.222. The number of aromatic nitrogens is 1. The van der Waals surface area contributed by atoms with E-state index >= 15 is 0 Å². The van der Waals surface area contributed by atoms with Gasteiger partial charge < -0.3 is 5.32 Å². The average molecular weight is 437 g/mol. The monoisotopic (exact) mass is 435 g/mol. The van der Waals surface area contributed by atoms with Gasteiger partial charge in [-0.3, -0.25) is 14.6 Å². The van der Waals surface area contributed by atoms with E-state index in [4.69, 9.17) is 11.6 Å². The number of ketones is 1. The zero-order chi connectivity index (χ0) is 19.0. The van der Waals surface area contributed by atoms with E-state index in [1.807, 2.05) is 0 Å². The molecular weight excluding hydrogens is 422 g/mol. The summed E-state index contributed by atoms with van der Waals surface area (Å²) in [5.41, 5.74) is 1.04. The number of carbonyl (C=O) groups is 3. The highest BCUT2D eigenvalue weighted by Crippen LogP contribution is 2.40. The van der Waals surface area contributed by atoms with Crippen molar-refractivity contribution in [3.8, 4) is 0 Å². The first-order valence-corrected chi connectivity index (χ1v) is 9.05. The quantitative estimate of drug-likeness (QED) is 0.584. The van der Waals surface area contributed by atoms with E-state index in [0.717, 1.165) is 4.90 Å². The maximum Gasteiger partial charge on any atom is 0.328 e. The van der Waals surface area contributed by atoms with Gasteiger partial charge >= 0.3 is 6.03 Å². The summed E-state index contributed by atoms with van der Waals surface area (Å²) >= 11 is 9.33. The van der Waals surface area contributed by atoms with Crippen LogP contribution in [0.2, 0.25) is 5.02 Å². The fourth-order valence-corrected chi connectivity index (χ4v) is 3.37. The second kappa shape index (κ2) is 7.17. The Morgan fingerprint density at radius 2 is 2.00 bits per heavy atom. The minimum atomic E-state index is -1.14. The molecule has 0 bridgehead atoms. The summed E-state index contributed by atoms with van der Waals surface area (Å²) in [6.07, 6.45) is 2.93. The Morgan fingerprint density at radius 1 is 1.27 bits per heavy atom. The molecule has 0 spiro atoms. The van der Waals surface area contributed by atoms with Crippen LogP contribution in [-0.4, -0.2) is 28.7 Å². The van der Waals surface area contributed by atoms with Crippen molar-refractivity contribution >= 4 is 50.9 Å². The number of urea groups is 1. The van der Waals surface area contributed by atoms with Crippen molar-refractivity contribution in [2.75, 3.05) is 4.90 Å². The molecule has 1 aliphatic rings. The van der Waals surface area contributed by atoms with Gasteiger partial charge in [-0.15, -0.1) is 0 Å². The van der Waals surface area contributed by atoms with Gasteiger partial charge in [0.1, 0.15) is 5.92 Å². The average Bonchev–Trinajstić information content (AvgIpc) is 2.84. The van der Waals surface area contributed by atoms with Gasteiger partial charge in [-0.25, -0.2) is 9.69 Å². The van der Waals surface area contributed by atoms with E-state index in [1.54, 1.807) is 44.3 Å². The highest BCUT2D eigenvalue weighted by atomic mass is 79.9. The lowest BCUT2D eigenvalue weighted by molar-refractivity contribution is -0.117. The van der Waals surface area contributed by atoms with Gasteiger partial charge in [0.2, 0.25) is 0 Å². The van der Waals surface area contributed by atoms with E-state index in [-0.39, 0.29) is 11.6 Å². The van der Waals surface area contributed by atoms with Crippen LogP contribution in [-0.2, 0) is 4.79 Å². The van der Waals surface area contributed by atoms with E-state index in [0.29, 0.717) is 20.7 Å². The number of nitrogens with zero attached hydrogens (tertiary/aromatic N) is 2. The Balaban J connectivity index is 2.07. The topological polar surface area (TPSA) is 79.4 Å². The third kappa shape index (κ3) is 3.37. The molecular formula is C18H15BrClN3O3. The van der Waals surface area contributed by atoms with Crippen LogP contribution in [0.25, 0.3) is 0 Å². The standard InChI is InChI=1S/C18H15BrClN3O3/c1-9(2)22-18(26)23-14-4-3-12(20)6-13(14)15(17(23)25)16(24)10-5-11(19)8-21-7-10/h3-9,15H,1-2H3,(H,22,26). The van der Waals surface area contributed by atoms with Crippen LogP contribution in [0.5, 0.6) is 0 Å². The summed E-state index contributed by atoms with van der Waals surface area (Å²) in [4.78, 5) is 43.4. The SMILES string of the molecule is CC(C)NC(=O)N1C(=O)C(C(=O)c2cncc(Br)c2)c2cc(Cl)ccc21. The molecule has 0 saturated heterocycles. The summed E-state index contributed by atoms with van der Waals surface area (Å²) in [5, 5.41) is 3.06. The molecule has 0 fully saturated rings. The van der Waals surface area contributed by atoms with Crippen molar-refractivity contribution in [3.05, 3.63) is 57.3 Å². The molecule has 1 aromatic heterocycles. The van der Waals surface area contributed by atoms with Gasteiger partial charge in [-0.2, -0.15) is 0 Å². The summed E-state index contributed by atoms with van der Waals surface area (Å²) in [5.74, 6) is -2.18. The summed E-state index contributed by atoms with van der Waals surface area (Å²) in [7, 11) is 0. The van der Waals surface area contributed by atoms with Gasteiger partial charge in [0.25, 0.3) is 5.91 Å². The number of pyridine rings is 1. The van der Waals surface area contributed by atoms with Crippen molar-refractivity contribution in [1.29, 1.82) is 0 Å². The highest BCUT2D eigenvalue weighted by molar-refractivity contribution is 9.10. The molecule has 26 heavy (non-hydrogen) atoms. The van der Waals surface area contributed by atoms with Crippen LogP contribution < -0.4 is 10.2 Å². The minimum absolute atomic E-state index is 0.157. The summed E-state index contributed by atoms with van der Waals surface area (Å²) in [6.45, 7) is 3.58. The van der Waals surface area contributed by atoms with E-state index in [9.17, 15) is 14.4 Å². The molecule has 3 rings (SSSR count). The molecule has 1 N–H and O–H groups in total. The number of nitrogens with one attached hydrogen (secondary N) is 1. The first-order chi connectivity index (χ1) is 12.3. The van der Waals surface area contributed by atoms with E-state index < -0.39 is 23.6 Å². The molecule has 1 atom stereocenters. The molecule has 2 heterocycles. The fourth-order valence-electron chi connectivity index (χ4n) is 2.83. The lowest BCUT2D eigenvalue weighted by Crippen LogP contribution is -2.45. The third-order valence-electron chi connectivity index (χ3n) is 3.88. The van der Waals surface area contributed by atoms with Crippen molar-refractivity contribution in [1.82, 2.24) is 10.3 Å². The van der Waals surface area contributed by atoms with Crippen LogP contribution in [0.4, 0.5) is 10.5 Å². The van der Waals surface area contributed by atoms with Crippen LogP contribution in [0.15, 0.2) is 41.1 Å². The number of benzene rings is 1. The second-order valence-electron chi connectivity index (χ2n) is 6.17. The largest absolute Gasteiger partial charge is 0.335 e. The molecule has 0 aliphatic carbocycles. The molecule has 2 aromatic rings. The lowest BCUT2D eigenvalue weighted by Gasteiger charge is -2.18. The van der Waals surface area contributed by atoms with Crippen molar-refractivity contribution in [2.24, 2.45) is 0 Å². The van der Waals surface area contributed by atoms with E-state index in [1.165, 1.54) is 6.20 Å². The smallest absolute Gasteiger partial charge is 0.328 e. The molecule has 3 amide bonds. The number of halogens is 2. The Labute approximate surface area is 163 Å². The second-order valence-corrected chi connectivity index (χ2v) is 7.52. The lowest BCUT2D eigenvalue weighted by atomic mass is 9.92. The third-order valence-corrected chi connectivity index (χ3v) is 4.54. The van der Waals surface area contributed by atoms with Gasteiger partial charge in [0.15, 0.2) is 5.78 Å². The predicted octanol–water partition coefficient (Wildman–Crippen LogP) is 3.93. The Hall–Kier alpha value is -2.25. The number of carbonyl (C=O) groups excluding carboxylic acids is 3. The van der Waals surface area contributed by atoms with Crippen molar-refractivity contribution in [3.63, 3.8) is 0 Å². The van der Waals surface area contributed by atoms with Gasteiger partial charge in [0.05, 0.1) is 5.69 Å². The Bertz CT molecular complexity index is 916. The Morgan fingerprint density at radius 3 is 2.65 bits per heavy atom. The van der Waals surface area contributed by atoms with Gasteiger partial charge in [0, 0.05) is 33.5 Å². The van der Waals surface area contributed by atoms with Crippen LogP contribution in [0.1, 0.15) is 35.7 Å². The van der Waals surface area contributed by atoms with Gasteiger partial charge in [-0.05, 0) is 59.6 Å². The first-order valence-electron chi connectivity index (χ1n) is 7.88. The van der Waals surface area contributed by atoms with Crippen LogP contribution >= 0.6 is 27.5 Å². The highest BCUT2D eigenvalue weighted by Gasteiger charge is 2.45. The maximum absolute atomic E-state index is 13.0. The van der Waals surface area contributed by atoms with Crippen LogP contribution in [0, 0.1) is 0 Å². The zero-order valence-electron chi connectivity index (χ0n) is 14.0. The maximum atomic E-state index is 13.0. The number of imide groups is 1. The summed E-state index contributed by atoms with van der Waals surface area (Å²) in [6, 6.07) is 5.56. The summed E-state index contributed by atoms with van der Waals surface area (Å²) < 4.78 is 0.620. The molecule has 6 nitrogen and oxygen atoms in total. The molecule has 0 radical (unpaired) electrons. The normalized spacial score (nSPS) is 16.0. The Kier molecular flexibility index (Phi) is 5.11. The number of Topliss-reactive ketones (excluding diaryl/α,β-unsaturated/α-hetero) is 1. The molecule has 1 unspecified atom stereocenters. The molecule has 1 aromatic carbocycles. The van der Waals surface area contributed by atoms with E-state index in [2.05, 4.69) is 26.2 Å².